The molecule has 2 saturated carbocycles. The van der Waals surface area contributed by atoms with Gasteiger partial charge in [0.15, 0.2) is 0 Å². The maximum Gasteiger partial charge on any atom is 0.234 e. The van der Waals surface area contributed by atoms with Crippen molar-refractivity contribution in [1.29, 1.82) is 0 Å². The first-order valence-corrected chi connectivity index (χ1v) is 10.9. The number of hydrogen-bond acceptors (Lipinski definition) is 5. The Bertz CT molecular complexity index is 534. The zero-order valence-corrected chi connectivity index (χ0v) is 16.4. The Morgan fingerprint density at radius 1 is 1.29 bits per heavy atom. The minimum absolute atomic E-state index is 0.205. The van der Waals surface area contributed by atoms with Gasteiger partial charge in [0.05, 0.1) is 6.54 Å². The van der Waals surface area contributed by atoms with Crippen LogP contribution in [0.5, 0.6) is 0 Å². The summed E-state index contributed by atoms with van der Waals surface area (Å²) in [4.78, 5) is 19.1. The molecule has 3 rings (SSSR count). The number of carbonyl (C=O) groups is 1. The van der Waals surface area contributed by atoms with E-state index in [-0.39, 0.29) is 5.91 Å². The number of nitrogens with zero attached hydrogens (tertiary/aromatic N) is 2. The molecule has 0 unspecified atom stereocenters. The summed E-state index contributed by atoms with van der Waals surface area (Å²) in [5.41, 5.74) is 1.12. The number of carbonyl (C=O) groups excluding carboxylic acids is 1. The Morgan fingerprint density at radius 3 is 2.62 bits per heavy atom. The first-order valence-electron chi connectivity index (χ1n) is 9.18. The Hall–Kier alpha value is -0.590. The minimum Gasteiger partial charge on any atom is -0.352 e. The average molecular weight is 368 g/mol. The van der Waals surface area contributed by atoms with Crippen molar-refractivity contribution in [2.75, 3.05) is 13.6 Å². The van der Waals surface area contributed by atoms with E-state index < -0.39 is 0 Å². The van der Waals surface area contributed by atoms with Crippen molar-refractivity contribution in [2.24, 2.45) is 0 Å². The first-order chi connectivity index (χ1) is 11.6. The Morgan fingerprint density at radius 2 is 2.00 bits per heavy atom. The smallest absolute Gasteiger partial charge is 0.234 e. The summed E-state index contributed by atoms with van der Waals surface area (Å²) in [6, 6.07) is 0.981. The summed E-state index contributed by atoms with van der Waals surface area (Å²) in [6.07, 6.45) is 9.68. The molecule has 0 radical (unpaired) electrons. The largest absolute Gasteiger partial charge is 0.352 e. The van der Waals surface area contributed by atoms with Crippen molar-refractivity contribution >= 4 is 29.0 Å². The fourth-order valence-electron chi connectivity index (χ4n) is 3.83. The molecule has 2 fully saturated rings. The second-order valence-electron chi connectivity index (χ2n) is 7.27. The molecule has 0 spiro atoms. The van der Waals surface area contributed by atoms with Gasteiger partial charge in [0.1, 0.15) is 4.34 Å². The minimum atomic E-state index is 0.205. The molecule has 1 aromatic rings. The van der Waals surface area contributed by atoms with Gasteiger partial charge in [-0.05, 0) is 52.5 Å². The summed E-state index contributed by atoms with van der Waals surface area (Å²) in [7, 11) is 2.10. The SMILES string of the molecule is Cc1csc(SC2CCC(NC(=O)CN(C)C3CCCC3)CC2)n1. The molecule has 0 bridgehead atoms. The molecule has 0 saturated heterocycles. The van der Waals surface area contributed by atoms with Crippen LogP contribution in [-0.4, -0.2) is 46.7 Å². The molecule has 4 nitrogen and oxygen atoms in total. The second-order valence-corrected chi connectivity index (χ2v) is 9.67. The molecule has 2 aliphatic carbocycles. The summed E-state index contributed by atoms with van der Waals surface area (Å²) >= 11 is 3.67. The molecule has 2 aliphatic rings. The first kappa shape index (κ1) is 18.2. The van der Waals surface area contributed by atoms with Gasteiger partial charge in [-0.2, -0.15) is 0 Å². The van der Waals surface area contributed by atoms with E-state index in [1.54, 1.807) is 11.3 Å². The van der Waals surface area contributed by atoms with Gasteiger partial charge in [0, 0.05) is 28.4 Å². The Kier molecular flexibility index (Phi) is 6.58. The van der Waals surface area contributed by atoms with Crippen molar-refractivity contribution in [3.05, 3.63) is 11.1 Å². The fourth-order valence-corrected chi connectivity index (χ4v) is 6.11. The van der Waals surface area contributed by atoms with E-state index in [2.05, 4.69) is 34.6 Å². The molecule has 24 heavy (non-hydrogen) atoms. The van der Waals surface area contributed by atoms with Crippen molar-refractivity contribution in [3.63, 3.8) is 0 Å². The van der Waals surface area contributed by atoms with Crippen LogP contribution in [0.3, 0.4) is 0 Å². The monoisotopic (exact) mass is 367 g/mol. The lowest BCUT2D eigenvalue weighted by molar-refractivity contribution is -0.123. The predicted molar refractivity (Wildman–Crippen MR) is 102 cm³/mol. The van der Waals surface area contributed by atoms with Crippen molar-refractivity contribution < 1.29 is 4.79 Å². The van der Waals surface area contributed by atoms with E-state index in [0.29, 0.717) is 23.9 Å². The molecular weight excluding hydrogens is 338 g/mol. The lowest BCUT2D eigenvalue weighted by atomic mass is 9.95. The maximum absolute atomic E-state index is 12.3. The summed E-state index contributed by atoms with van der Waals surface area (Å²) in [5.74, 6) is 0.205. The third kappa shape index (κ3) is 5.20. The molecule has 1 amide bonds. The number of likely N-dealkylation sites (N-methyl/N-ethyl adjacent to an activating group) is 1. The van der Waals surface area contributed by atoms with Gasteiger partial charge >= 0.3 is 0 Å². The van der Waals surface area contributed by atoms with Gasteiger partial charge in [-0.3, -0.25) is 9.69 Å². The van der Waals surface area contributed by atoms with Crippen LogP contribution in [0, 0.1) is 6.92 Å². The molecule has 1 heterocycles. The number of thioether (sulfide) groups is 1. The molecule has 6 heteroatoms. The van der Waals surface area contributed by atoms with Crippen LogP contribution in [0.2, 0.25) is 0 Å². The van der Waals surface area contributed by atoms with Crippen molar-refractivity contribution in [3.8, 4) is 0 Å². The van der Waals surface area contributed by atoms with Crippen LogP contribution in [0.4, 0.5) is 0 Å². The van der Waals surface area contributed by atoms with Crippen LogP contribution in [0.1, 0.15) is 57.1 Å². The summed E-state index contributed by atoms with van der Waals surface area (Å²) in [5, 5.41) is 6.04. The van der Waals surface area contributed by atoms with E-state index >= 15 is 0 Å². The molecule has 0 aromatic carbocycles. The number of hydrogen-bond donors (Lipinski definition) is 1. The average Bonchev–Trinajstić information content (AvgIpc) is 3.21. The number of amides is 1. The van der Waals surface area contributed by atoms with E-state index in [1.165, 1.54) is 42.9 Å². The van der Waals surface area contributed by atoms with E-state index in [9.17, 15) is 4.79 Å². The molecule has 0 atom stereocenters. The van der Waals surface area contributed by atoms with Crippen LogP contribution in [0.15, 0.2) is 9.72 Å². The summed E-state index contributed by atoms with van der Waals surface area (Å²) < 4.78 is 1.19. The highest BCUT2D eigenvalue weighted by molar-refractivity contribution is 8.01. The zero-order valence-electron chi connectivity index (χ0n) is 14.8. The molecular formula is C18H29N3OS2. The maximum atomic E-state index is 12.3. The van der Waals surface area contributed by atoms with Gasteiger partial charge < -0.3 is 5.32 Å². The van der Waals surface area contributed by atoms with Gasteiger partial charge in [-0.25, -0.2) is 4.98 Å². The lowest BCUT2D eigenvalue weighted by Crippen LogP contribution is -2.44. The number of nitrogens with one attached hydrogen (secondary N) is 1. The second kappa shape index (κ2) is 8.68. The van der Waals surface area contributed by atoms with Gasteiger partial charge in [-0.15, -0.1) is 11.3 Å². The fraction of sp³-hybridized carbons (Fsp3) is 0.778. The number of thiazole rings is 1. The van der Waals surface area contributed by atoms with E-state index in [1.807, 2.05) is 11.8 Å². The normalized spacial score (nSPS) is 25.3. The lowest BCUT2D eigenvalue weighted by Gasteiger charge is -2.29. The Labute approximate surface area is 153 Å². The topological polar surface area (TPSA) is 45.2 Å². The van der Waals surface area contributed by atoms with Crippen molar-refractivity contribution in [2.45, 2.75) is 80.0 Å². The summed E-state index contributed by atoms with van der Waals surface area (Å²) in [6.45, 7) is 2.60. The van der Waals surface area contributed by atoms with Gasteiger partial charge in [0.2, 0.25) is 5.91 Å². The van der Waals surface area contributed by atoms with Gasteiger partial charge in [-0.1, -0.05) is 24.6 Å². The van der Waals surface area contributed by atoms with Crippen LogP contribution in [-0.2, 0) is 4.79 Å². The van der Waals surface area contributed by atoms with Crippen molar-refractivity contribution in [1.82, 2.24) is 15.2 Å². The zero-order chi connectivity index (χ0) is 16.9. The predicted octanol–water partition coefficient (Wildman–Crippen LogP) is 3.85. The quantitative estimate of drug-likeness (QED) is 0.830. The highest BCUT2D eigenvalue weighted by atomic mass is 32.2. The third-order valence-corrected chi connectivity index (χ3v) is 7.67. The number of aromatic nitrogens is 1. The van der Waals surface area contributed by atoms with Crippen LogP contribution in [0.25, 0.3) is 0 Å². The van der Waals surface area contributed by atoms with E-state index in [4.69, 9.17) is 0 Å². The standard InChI is InChI=1S/C18H29N3OS2/c1-13-12-23-18(19-13)24-16-9-7-14(8-10-16)20-17(22)11-21(2)15-5-3-4-6-15/h12,14-16H,3-11H2,1-2H3,(H,20,22). The number of aryl methyl sites for hydroxylation is 1. The number of rotatable bonds is 6. The van der Waals surface area contributed by atoms with Crippen LogP contribution < -0.4 is 5.32 Å². The molecule has 1 N–H and O–H groups in total. The highest BCUT2D eigenvalue weighted by Crippen LogP contribution is 2.35. The molecule has 134 valence electrons. The molecule has 0 aliphatic heterocycles. The third-order valence-electron chi connectivity index (χ3n) is 5.25. The van der Waals surface area contributed by atoms with Crippen LogP contribution >= 0.6 is 23.1 Å². The highest BCUT2D eigenvalue weighted by Gasteiger charge is 2.25. The molecule has 1 aromatic heterocycles. The van der Waals surface area contributed by atoms with Gasteiger partial charge in [0.25, 0.3) is 0 Å². The van der Waals surface area contributed by atoms with E-state index in [0.717, 1.165) is 18.5 Å². The Balaban J connectivity index is 1.36.